The Morgan fingerprint density at radius 2 is 1.20 bits per heavy atom. The molecule has 0 bridgehead atoms. The van der Waals surface area contributed by atoms with Crippen LogP contribution in [-0.4, -0.2) is 18.1 Å². The standard InChI is InChI=1S/C14H31P/c1-4-7-9-11-13-15(6-3)14-12-10-8-5-2/h6,15H,4-5,7-14H2,1-3H3. The zero-order valence-electron chi connectivity index (χ0n) is 11.1. The zero-order valence-corrected chi connectivity index (χ0v) is 12.1. The molecule has 0 aromatic rings. The summed E-state index contributed by atoms with van der Waals surface area (Å²) in [5.41, 5.74) is 0. The van der Waals surface area contributed by atoms with Crippen LogP contribution in [0.2, 0.25) is 0 Å². The Morgan fingerprint density at radius 1 is 0.733 bits per heavy atom. The molecule has 0 radical (unpaired) electrons. The minimum atomic E-state index is -0.0700. The van der Waals surface area contributed by atoms with Crippen LogP contribution in [0.4, 0.5) is 0 Å². The van der Waals surface area contributed by atoms with Gasteiger partial charge in [0.15, 0.2) is 0 Å². The highest BCUT2D eigenvalue weighted by Gasteiger charge is 1.96. The molecule has 0 N–H and O–H groups in total. The van der Waals surface area contributed by atoms with E-state index in [1.165, 1.54) is 63.7 Å². The van der Waals surface area contributed by atoms with Gasteiger partial charge >= 0.3 is 0 Å². The minimum Gasteiger partial charge on any atom is -0.122 e. The molecule has 0 aliphatic carbocycles. The smallest absolute Gasteiger partial charge is 0.0355 e. The molecule has 0 fully saturated rings. The first kappa shape index (κ1) is 15.3. The Morgan fingerprint density at radius 3 is 1.53 bits per heavy atom. The predicted molar refractivity (Wildman–Crippen MR) is 78.1 cm³/mol. The van der Waals surface area contributed by atoms with Crippen LogP contribution in [0.15, 0.2) is 0 Å². The summed E-state index contributed by atoms with van der Waals surface area (Å²) in [5, 5.41) is 0. The number of unbranched alkanes of at least 4 members (excludes halogenated alkanes) is 6. The first-order chi connectivity index (χ1) is 7.35. The minimum absolute atomic E-state index is 0.0700. The molecule has 92 valence electrons. The third-order valence-corrected chi connectivity index (χ3v) is 5.92. The number of hydrogen-bond donors (Lipinski definition) is 0. The molecule has 15 heavy (non-hydrogen) atoms. The van der Waals surface area contributed by atoms with Crippen molar-refractivity contribution in [2.75, 3.05) is 12.3 Å². The molecule has 0 rings (SSSR count). The van der Waals surface area contributed by atoms with Gasteiger partial charge in [-0.2, -0.15) is 0 Å². The molecule has 0 nitrogen and oxygen atoms in total. The van der Waals surface area contributed by atoms with Gasteiger partial charge in [0, 0.05) is 0 Å². The first-order valence-corrected chi connectivity index (χ1v) is 8.98. The fraction of sp³-hybridized carbons (Fsp3) is 0.929. The molecule has 0 saturated heterocycles. The molecule has 0 aliphatic rings. The van der Waals surface area contributed by atoms with Crippen molar-refractivity contribution >= 4 is 13.3 Å². The highest BCUT2D eigenvalue weighted by molar-refractivity contribution is 7.57. The SMILES string of the molecule is CC=[PH](CCCCCC)CCCCCC. The van der Waals surface area contributed by atoms with Crippen molar-refractivity contribution in [1.82, 2.24) is 0 Å². The van der Waals surface area contributed by atoms with Crippen molar-refractivity contribution in [2.45, 2.75) is 72.1 Å². The van der Waals surface area contributed by atoms with Gasteiger partial charge in [0.05, 0.1) is 0 Å². The lowest BCUT2D eigenvalue weighted by Gasteiger charge is -2.07. The molecule has 0 spiro atoms. The van der Waals surface area contributed by atoms with E-state index >= 15 is 0 Å². The third kappa shape index (κ3) is 10.6. The molecular formula is C14H31P. The predicted octanol–water partition coefficient (Wildman–Crippen LogP) is 5.18. The highest BCUT2D eigenvalue weighted by Crippen LogP contribution is 2.26. The van der Waals surface area contributed by atoms with Crippen LogP contribution in [0, 0.1) is 0 Å². The fourth-order valence-corrected chi connectivity index (χ4v) is 4.21. The normalized spacial score (nSPS) is 10.9. The maximum absolute atomic E-state index is 2.53. The quantitative estimate of drug-likeness (QED) is 0.358. The van der Waals surface area contributed by atoms with Crippen LogP contribution in [-0.2, 0) is 0 Å². The summed E-state index contributed by atoms with van der Waals surface area (Å²) in [4.78, 5) is 0. The molecule has 0 heterocycles. The van der Waals surface area contributed by atoms with E-state index in [4.69, 9.17) is 0 Å². The van der Waals surface area contributed by atoms with Gasteiger partial charge in [0.25, 0.3) is 0 Å². The number of hydrogen-bond acceptors (Lipinski definition) is 0. The van der Waals surface area contributed by atoms with Crippen LogP contribution in [0.25, 0.3) is 0 Å². The van der Waals surface area contributed by atoms with E-state index in [0.29, 0.717) is 0 Å². The van der Waals surface area contributed by atoms with Crippen molar-refractivity contribution < 1.29 is 0 Å². The van der Waals surface area contributed by atoms with Crippen molar-refractivity contribution in [3.05, 3.63) is 0 Å². The van der Waals surface area contributed by atoms with Gasteiger partial charge in [0.1, 0.15) is 0 Å². The second-order valence-corrected chi connectivity index (χ2v) is 7.46. The monoisotopic (exact) mass is 230 g/mol. The lowest BCUT2D eigenvalue weighted by atomic mass is 10.2. The van der Waals surface area contributed by atoms with E-state index in [1.54, 1.807) is 0 Å². The second-order valence-electron chi connectivity index (χ2n) is 4.57. The summed E-state index contributed by atoms with van der Waals surface area (Å²) in [7, 11) is -0.0700. The van der Waals surface area contributed by atoms with Gasteiger partial charge in [0.2, 0.25) is 0 Å². The van der Waals surface area contributed by atoms with Gasteiger partial charge in [-0.1, -0.05) is 58.2 Å². The van der Waals surface area contributed by atoms with Crippen molar-refractivity contribution in [3.63, 3.8) is 0 Å². The van der Waals surface area contributed by atoms with E-state index in [2.05, 4.69) is 26.6 Å². The molecule has 0 saturated carbocycles. The topological polar surface area (TPSA) is 0 Å². The maximum atomic E-state index is 2.53. The van der Waals surface area contributed by atoms with E-state index in [-0.39, 0.29) is 7.55 Å². The summed E-state index contributed by atoms with van der Waals surface area (Å²) in [6.07, 6.45) is 14.6. The molecule has 0 unspecified atom stereocenters. The Kier molecular flexibility index (Phi) is 12.6. The van der Waals surface area contributed by atoms with Crippen molar-refractivity contribution in [1.29, 1.82) is 0 Å². The fourth-order valence-electron chi connectivity index (χ4n) is 1.97. The van der Waals surface area contributed by atoms with E-state index < -0.39 is 0 Å². The van der Waals surface area contributed by atoms with Gasteiger partial charge in [-0.3, -0.25) is 0 Å². The van der Waals surface area contributed by atoms with Gasteiger partial charge in [-0.25, -0.2) is 0 Å². The molecule has 0 aromatic carbocycles. The Bertz CT molecular complexity index is 135. The van der Waals surface area contributed by atoms with Crippen LogP contribution in [0.1, 0.15) is 72.1 Å². The summed E-state index contributed by atoms with van der Waals surface area (Å²) >= 11 is 0. The van der Waals surface area contributed by atoms with Crippen LogP contribution < -0.4 is 0 Å². The summed E-state index contributed by atoms with van der Waals surface area (Å²) in [6.45, 7) is 6.87. The molecule has 0 aliphatic heterocycles. The van der Waals surface area contributed by atoms with Crippen LogP contribution in [0.5, 0.6) is 0 Å². The summed E-state index contributed by atoms with van der Waals surface area (Å²) in [6, 6.07) is 0. The molecule has 0 amide bonds. The summed E-state index contributed by atoms with van der Waals surface area (Å²) < 4.78 is 0. The van der Waals surface area contributed by atoms with Gasteiger partial charge < -0.3 is 0 Å². The summed E-state index contributed by atoms with van der Waals surface area (Å²) in [5.74, 6) is 2.53. The largest absolute Gasteiger partial charge is 0.122 e. The van der Waals surface area contributed by atoms with E-state index in [1.807, 2.05) is 0 Å². The van der Waals surface area contributed by atoms with Gasteiger partial charge in [-0.05, 0) is 32.1 Å². The van der Waals surface area contributed by atoms with Gasteiger partial charge in [-0.15, -0.1) is 7.55 Å². The van der Waals surface area contributed by atoms with Crippen molar-refractivity contribution in [3.8, 4) is 0 Å². The first-order valence-electron chi connectivity index (χ1n) is 6.99. The van der Waals surface area contributed by atoms with E-state index in [0.717, 1.165) is 0 Å². The maximum Gasteiger partial charge on any atom is -0.0355 e. The Hall–Kier alpha value is 0.300. The van der Waals surface area contributed by atoms with E-state index in [9.17, 15) is 0 Å². The average molecular weight is 230 g/mol. The molecule has 0 atom stereocenters. The Labute approximate surface area is 98.2 Å². The molecular weight excluding hydrogens is 199 g/mol. The molecule has 1 heteroatoms. The van der Waals surface area contributed by atoms with Crippen LogP contribution in [0.3, 0.4) is 0 Å². The number of rotatable bonds is 10. The third-order valence-electron chi connectivity index (χ3n) is 3.11. The second kappa shape index (κ2) is 12.4. The molecule has 0 aromatic heterocycles. The van der Waals surface area contributed by atoms with Crippen molar-refractivity contribution in [2.24, 2.45) is 0 Å². The lowest BCUT2D eigenvalue weighted by molar-refractivity contribution is 0.697. The average Bonchev–Trinajstić information content (AvgIpc) is 2.27. The lowest BCUT2D eigenvalue weighted by Crippen LogP contribution is -1.88. The highest BCUT2D eigenvalue weighted by atomic mass is 31.1. The zero-order chi connectivity index (χ0) is 11.4. The van der Waals surface area contributed by atoms with Crippen LogP contribution >= 0.6 is 7.55 Å². The Balaban J connectivity index is 3.39.